The number of hydrogen-bond donors (Lipinski definition) is 1. The van der Waals surface area contributed by atoms with Crippen molar-refractivity contribution in [1.29, 1.82) is 0 Å². The maximum absolute atomic E-state index is 10.5. The molecular formula is C14H14O2S. The van der Waals surface area contributed by atoms with E-state index in [1.807, 2.05) is 24.4 Å². The number of ether oxygens (including phenoxy) is 1. The van der Waals surface area contributed by atoms with Crippen LogP contribution < -0.4 is 4.74 Å². The lowest BCUT2D eigenvalue weighted by atomic mass is 9.98. The molecule has 1 aliphatic heterocycles. The molecular weight excluding hydrogens is 232 g/mol. The van der Waals surface area contributed by atoms with Crippen LogP contribution in [-0.2, 0) is 6.42 Å². The van der Waals surface area contributed by atoms with E-state index in [1.165, 1.54) is 5.56 Å². The van der Waals surface area contributed by atoms with Gasteiger partial charge in [0, 0.05) is 12.0 Å². The summed E-state index contributed by atoms with van der Waals surface area (Å²) >= 11 is 1.62. The highest BCUT2D eigenvalue weighted by Gasteiger charge is 2.22. The zero-order chi connectivity index (χ0) is 11.8. The van der Waals surface area contributed by atoms with Crippen molar-refractivity contribution in [1.82, 2.24) is 0 Å². The Morgan fingerprint density at radius 3 is 2.94 bits per heavy atom. The lowest BCUT2D eigenvalue weighted by Crippen LogP contribution is -2.02. The van der Waals surface area contributed by atoms with Crippen LogP contribution >= 0.6 is 11.3 Å². The van der Waals surface area contributed by atoms with E-state index in [0.717, 1.165) is 35.5 Å². The van der Waals surface area contributed by atoms with E-state index in [0.29, 0.717) is 0 Å². The number of para-hydroxylation sites is 1. The summed E-state index contributed by atoms with van der Waals surface area (Å²) in [7, 11) is 0. The lowest BCUT2D eigenvalue weighted by Gasteiger charge is -2.14. The zero-order valence-electron chi connectivity index (χ0n) is 9.64. The van der Waals surface area contributed by atoms with Gasteiger partial charge in [0.2, 0.25) is 0 Å². The molecule has 1 unspecified atom stereocenters. The molecule has 2 nitrogen and oxygen atoms in total. The van der Waals surface area contributed by atoms with Crippen LogP contribution in [0.3, 0.4) is 0 Å². The highest BCUT2D eigenvalue weighted by molar-refractivity contribution is 7.08. The molecule has 0 saturated carbocycles. The molecule has 1 atom stereocenters. The number of fused-ring (bicyclic) bond motifs is 1. The van der Waals surface area contributed by atoms with Gasteiger partial charge in [-0.1, -0.05) is 18.2 Å². The molecule has 1 aromatic heterocycles. The summed E-state index contributed by atoms with van der Waals surface area (Å²) in [4.78, 5) is 0. The molecule has 0 amide bonds. The van der Waals surface area contributed by atoms with E-state index >= 15 is 0 Å². The summed E-state index contributed by atoms with van der Waals surface area (Å²) in [6, 6.07) is 6.01. The summed E-state index contributed by atoms with van der Waals surface area (Å²) in [5.41, 5.74) is 4.22. The molecule has 1 aromatic carbocycles. The summed E-state index contributed by atoms with van der Waals surface area (Å²) < 4.78 is 5.63. The Labute approximate surface area is 104 Å². The van der Waals surface area contributed by atoms with Gasteiger partial charge in [0.05, 0.1) is 6.61 Å². The quantitative estimate of drug-likeness (QED) is 0.882. The summed E-state index contributed by atoms with van der Waals surface area (Å²) in [6.07, 6.45) is 0.368. The van der Waals surface area contributed by atoms with Crippen LogP contribution in [0.1, 0.15) is 28.4 Å². The van der Waals surface area contributed by atoms with E-state index in [4.69, 9.17) is 4.74 Å². The predicted octanol–water partition coefficient (Wildman–Crippen LogP) is 3.07. The molecule has 3 rings (SSSR count). The second kappa shape index (κ2) is 4.17. The van der Waals surface area contributed by atoms with Crippen LogP contribution in [0.2, 0.25) is 0 Å². The first-order valence-corrected chi connectivity index (χ1v) is 6.67. The molecule has 2 aromatic rings. The third-order valence-corrected chi connectivity index (χ3v) is 4.11. The number of aryl methyl sites for hydroxylation is 1. The van der Waals surface area contributed by atoms with Gasteiger partial charge in [-0.15, -0.1) is 0 Å². The Morgan fingerprint density at radius 2 is 2.18 bits per heavy atom. The van der Waals surface area contributed by atoms with Crippen molar-refractivity contribution >= 4 is 11.3 Å². The largest absolute Gasteiger partial charge is 0.493 e. The van der Waals surface area contributed by atoms with E-state index in [2.05, 4.69) is 11.4 Å². The van der Waals surface area contributed by atoms with Gasteiger partial charge in [0.1, 0.15) is 11.9 Å². The van der Waals surface area contributed by atoms with Crippen molar-refractivity contribution < 1.29 is 9.84 Å². The standard InChI is InChI=1S/C14H14O2S/c1-9-7-17-8-12(9)13(15)11-4-2-3-10-5-6-16-14(10)11/h2-4,7-8,13,15H,5-6H2,1H3. The first kappa shape index (κ1) is 10.8. The maximum atomic E-state index is 10.5. The highest BCUT2D eigenvalue weighted by Crippen LogP contribution is 2.37. The molecule has 2 heterocycles. The number of hydrogen-bond acceptors (Lipinski definition) is 3. The summed E-state index contributed by atoms with van der Waals surface area (Å²) in [6.45, 7) is 2.75. The third kappa shape index (κ3) is 1.75. The van der Waals surface area contributed by atoms with Crippen LogP contribution in [-0.4, -0.2) is 11.7 Å². The molecule has 0 aliphatic carbocycles. The van der Waals surface area contributed by atoms with Gasteiger partial charge in [0.15, 0.2) is 0 Å². The summed E-state index contributed by atoms with van der Waals surface area (Å²) in [5.74, 6) is 0.880. The van der Waals surface area contributed by atoms with E-state index in [-0.39, 0.29) is 0 Å². The van der Waals surface area contributed by atoms with Crippen LogP contribution in [0, 0.1) is 6.92 Å². The van der Waals surface area contributed by atoms with Crippen molar-refractivity contribution in [2.24, 2.45) is 0 Å². The molecule has 1 aliphatic rings. The fourth-order valence-corrected chi connectivity index (χ4v) is 3.14. The molecule has 0 fully saturated rings. The lowest BCUT2D eigenvalue weighted by molar-refractivity contribution is 0.213. The molecule has 0 saturated heterocycles. The number of thiophene rings is 1. The summed E-state index contributed by atoms with van der Waals surface area (Å²) in [5, 5.41) is 14.5. The van der Waals surface area contributed by atoms with Crippen LogP contribution in [0.15, 0.2) is 29.0 Å². The van der Waals surface area contributed by atoms with Crippen LogP contribution in [0.25, 0.3) is 0 Å². The fraction of sp³-hybridized carbons (Fsp3) is 0.286. The Bertz CT molecular complexity index is 545. The highest BCUT2D eigenvalue weighted by atomic mass is 32.1. The topological polar surface area (TPSA) is 29.5 Å². The van der Waals surface area contributed by atoms with Gasteiger partial charge in [-0.3, -0.25) is 0 Å². The number of benzene rings is 1. The van der Waals surface area contributed by atoms with E-state index < -0.39 is 6.10 Å². The van der Waals surface area contributed by atoms with Gasteiger partial charge in [0.25, 0.3) is 0 Å². The molecule has 1 N–H and O–H groups in total. The first-order chi connectivity index (χ1) is 8.27. The SMILES string of the molecule is Cc1cscc1C(O)c1cccc2c1OCC2. The van der Waals surface area contributed by atoms with Crippen LogP contribution in [0.4, 0.5) is 0 Å². The van der Waals surface area contributed by atoms with Gasteiger partial charge in [-0.05, 0) is 34.4 Å². The Morgan fingerprint density at radius 1 is 1.29 bits per heavy atom. The fourth-order valence-electron chi connectivity index (χ4n) is 2.27. The van der Waals surface area contributed by atoms with Gasteiger partial charge in [-0.25, -0.2) is 0 Å². The van der Waals surface area contributed by atoms with E-state index in [9.17, 15) is 5.11 Å². The Hall–Kier alpha value is -1.32. The smallest absolute Gasteiger partial charge is 0.128 e. The minimum Gasteiger partial charge on any atom is -0.493 e. The second-order valence-corrected chi connectivity index (χ2v) is 5.09. The third-order valence-electron chi connectivity index (χ3n) is 3.23. The predicted molar refractivity (Wildman–Crippen MR) is 68.8 cm³/mol. The Balaban J connectivity index is 2.05. The average molecular weight is 246 g/mol. The molecule has 0 bridgehead atoms. The minimum atomic E-state index is -0.575. The molecule has 3 heteroatoms. The van der Waals surface area contributed by atoms with Crippen molar-refractivity contribution in [2.45, 2.75) is 19.4 Å². The minimum absolute atomic E-state index is 0.575. The monoisotopic (exact) mass is 246 g/mol. The average Bonchev–Trinajstić information content (AvgIpc) is 2.95. The van der Waals surface area contributed by atoms with Gasteiger partial charge >= 0.3 is 0 Å². The normalized spacial score (nSPS) is 15.4. The number of aliphatic hydroxyl groups excluding tert-OH is 1. The van der Waals surface area contributed by atoms with Crippen molar-refractivity contribution in [3.8, 4) is 5.75 Å². The van der Waals surface area contributed by atoms with Gasteiger partial charge in [-0.2, -0.15) is 11.3 Å². The molecule has 88 valence electrons. The molecule has 17 heavy (non-hydrogen) atoms. The zero-order valence-corrected chi connectivity index (χ0v) is 10.5. The molecule has 0 spiro atoms. The maximum Gasteiger partial charge on any atom is 0.128 e. The molecule has 0 radical (unpaired) electrons. The number of rotatable bonds is 2. The second-order valence-electron chi connectivity index (χ2n) is 4.35. The Kier molecular flexibility index (Phi) is 2.65. The van der Waals surface area contributed by atoms with Crippen molar-refractivity contribution in [3.05, 3.63) is 51.2 Å². The first-order valence-electron chi connectivity index (χ1n) is 5.72. The van der Waals surface area contributed by atoms with Crippen molar-refractivity contribution in [2.75, 3.05) is 6.61 Å². The van der Waals surface area contributed by atoms with Gasteiger partial charge < -0.3 is 9.84 Å². The van der Waals surface area contributed by atoms with E-state index in [1.54, 1.807) is 11.3 Å². The number of aliphatic hydroxyl groups is 1. The van der Waals surface area contributed by atoms with Crippen LogP contribution in [0.5, 0.6) is 5.75 Å². The van der Waals surface area contributed by atoms with Crippen molar-refractivity contribution in [3.63, 3.8) is 0 Å².